The van der Waals surface area contributed by atoms with Crippen LogP contribution in [-0.4, -0.2) is 44.7 Å². The Morgan fingerprint density at radius 2 is 1.81 bits per heavy atom. The minimum Gasteiger partial charge on any atom is -0.378 e. The zero-order chi connectivity index (χ0) is 19.2. The predicted octanol–water partition coefficient (Wildman–Crippen LogP) is 3.18. The van der Waals surface area contributed by atoms with E-state index in [0.29, 0.717) is 41.6 Å². The fourth-order valence-corrected chi connectivity index (χ4v) is 3.18. The molecule has 2 aromatic rings. The van der Waals surface area contributed by atoms with Gasteiger partial charge in [-0.3, -0.25) is 9.59 Å². The van der Waals surface area contributed by atoms with Gasteiger partial charge < -0.3 is 20.3 Å². The lowest BCUT2D eigenvalue weighted by Gasteiger charge is -2.30. The summed E-state index contributed by atoms with van der Waals surface area (Å²) in [5.41, 5.74) is 2.30. The highest BCUT2D eigenvalue weighted by molar-refractivity contribution is 6.34. The van der Waals surface area contributed by atoms with Gasteiger partial charge in [0.2, 0.25) is 0 Å². The third-order valence-corrected chi connectivity index (χ3v) is 4.64. The van der Waals surface area contributed by atoms with Crippen LogP contribution in [0.1, 0.15) is 27.6 Å². The summed E-state index contributed by atoms with van der Waals surface area (Å²) in [6.45, 7) is 5.10. The van der Waals surface area contributed by atoms with E-state index in [2.05, 4.69) is 15.5 Å². The fourth-order valence-electron chi connectivity index (χ4n) is 2.98. The van der Waals surface area contributed by atoms with Crippen molar-refractivity contribution in [2.45, 2.75) is 6.92 Å². The molecule has 0 bridgehead atoms. The molecule has 0 saturated carbocycles. The smallest absolute Gasteiger partial charge is 0.257 e. The second-order valence-corrected chi connectivity index (χ2v) is 6.53. The Morgan fingerprint density at radius 3 is 2.56 bits per heavy atom. The standard InChI is InChI=1S/C20H22ClN3O3/c1-2-22-19(25)16-13-14(7-8-17(16)21)23-20(26)15-5-3-4-6-18(15)24-9-11-27-12-10-24/h3-8,13H,2,9-12H2,1H3,(H,22,25)(H,23,26). The first-order valence-electron chi connectivity index (χ1n) is 8.91. The Balaban J connectivity index is 1.82. The molecule has 0 aliphatic carbocycles. The molecule has 0 radical (unpaired) electrons. The van der Waals surface area contributed by atoms with E-state index < -0.39 is 0 Å². The van der Waals surface area contributed by atoms with Crippen LogP contribution in [0.2, 0.25) is 5.02 Å². The first-order valence-corrected chi connectivity index (χ1v) is 9.28. The second-order valence-electron chi connectivity index (χ2n) is 6.12. The number of para-hydroxylation sites is 1. The molecule has 2 amide bonds. The number of amides is 2. The van der Waals surface area contributed by atoms with Crippen LogP contribution in [0, 0.1) is 0 Å². The quantitative estimate of drug-likeness (QED) is 0.826. The van der Waals surface area contributed by atoms with Crippen LogP contribution in [0.25, 0.3) is 0 Å². The number of nitrogens with zero attached hydrogens (tertiary/aromatic N) is 1. The van der Waals surface area contributed by atoms with Crippen LogP contribution < -0.4 is 15.5 Å². The van der Waals surface area contributed by atoms with Gasteiger partial charge in [0.1, 0.15) is 0 Å². The van der Waals surface area contributed by atoms with E-state index in [-0.39, 0.29) is 11.8 Å². The van der Waals surface area contributed by atoms with Crippen LogP contribution in [0.5, 0.6) is 0 Å². The number of benzene rings is 2. The maximum atomic E-state index is 12.9. The zero-order valence-electron chi connectivity index (χ0n) is 15.1. The summed E-state index contributed by atoms with van der Waals surface area (Å²) in [6.07, 6.45) is 0. The van der Waals surface area contributed by atoms with Gasteiger partial charge in [-0.05, 0) is 37.3 Å². The van der Waals surface area contributed by atoms with E-state index in [9.17, 15) is 9.59 Å². The molecular formula is C20H22ClN3O3. The minimum atomic E-state index is -0.271. The van der Waals surface area contributed by atoms with Crippen molar-refractivity contribution in [3.63, 3.8) is 0 Å². The maximum absolute atomic E-state index is 12.9. The topological polar surface area (TPSA) is 70.7 Å². The van der Waals surface area contributed by atoms with Crippen molar-refractivity contribution in [2.24, 2.45) is 0 Å². The summed E-state index contributed by atoms with van der Waals surface area (Å²) >= 11 is 6.12. The van der Waals surface area contributed by atoms with E-state index in [1.54, 1.807) is 24.3 Å². The Kier molecular flexibility index (Phi) is 6.32. The van der Waals surface area contributed by atoms with Crippen LogP contribution >= 0.6 is 11.6 Å². The van der Waals surface area contributed by atoms with Crippen molar-refractivity contribution in [2.75, 3.05) is 43.1 Å². The van der Waals surface area contributed by atoms with Gasteiger partial charge in [0.05, 0.1) is 29.4 Å². The molecule has 0 unspecified atom stereocenters. The van der Waals surface area contributed by atoms with E-state index in [0.717, 1.165) is 18.8 Å². The summed E-state index contributed by atoms with van der Waals surface area (Å²) in [7, 11) is 0. The molecule has 27 heavy (non-hydrogen) atoms. The molecule has 1 saturated heterocycles. The number of carbonyl (C=O) groups excluding carboxylic acids is 2. The Labute approximate surface area is 163 Å². The second kappa shape index (κ2) is 8.88. The molecular weight excluding hydrogens is 366 g/mol. The van der Waals surface area contributed by atoms with Crippen molar-refractivity contribution in [3.8, 4) is 0 Å². The minimum absolute atomic E-state index is 0.235. The highest BCUT2D eigenvalue weighted by atomic mass is 35.5. The molecule has 142 valence electrons. The van der Waals surface area contributed by atoms with Crippen molar-refractivity contribution in [1.82, 2.24) is 5.32 Å². The van der Waals surface area contributed by atoms with Crippen LogP contribution in [0.15, 0.2) is 42.5 Å². The van der Waals surface area contributed by atoms with Gasteiger partial charge in [-0.25, -0.2) is 0 Å². The van der Waals surface area contributed by atoms with Gasteiger partial charge in [-0.15, -0.1) is 0 Å². The first kappa shape index (κ1) is 19.2. The molecule has 1 heterocycles. The van der Waals surface area contributed by atoms with Gasteiger partial charge in [0.15, 0.2) is 0 Å². The number of ether oxygens (including phenoxy) is 1. The van der Waals surface area contributed by atoms with E-state index >= 15 is 0 Å². The molecule has 0 atom stereocenters. The number of anilines is 2. The lowest BCUT2D eigenvalue weighted by Crippen LogP contribution is -2.37. The number of rotatable bonds is 5. The number of carbonyl (C=O) groups is 2. The van der Waals surface area contributed by atoms with Crippen LogP contribution in [-0.2, 0) is 4.74 Å². The van der Waals surface area contributed by atoms with Crippen molar-refractivity contribution < 1.29 is 14.3 Å². The normalized spacial score (nSPS) is 13.9. The molecule has 7 heteroatoms. The van der Waals surface area contributed by atoms with Gasteiger partial charge in [0.25, 0.3) is 11.8 Å². The summed E-state index contributed by atoms with van der Waals surface area (Å²) in [5, 5.41) is 5.92. The van der Waals surface area contributed by atoms with Gasteiger partial charge in [0, 0.05) is 31.0 Å². The van der Waals surface area contributed by atoms with Gasteiger partial charge in [-0.2, -0.15) is 0 Å². The van der Waals surface area contributed by atoms with E-state index in [4.69, 9.17) is 16.3 Å². The first-order chi connectivity index (χ1) is 13.1. The number of nitrogens with one attached hydrogen (secondary N) is 2. The summed E-state index contributed by atoms with van der Waals surface area (Å²) < 4.78 is 5.39. The van der Waals surface area contributed by atoms with Gasteiger partial charge >= 0.3 is 0 Å². The van der Waals surface area contributed by atoms with E-state index in [1.165, 1.54) is 0 Å². The zero-order valence-corrected chi connectivity index (χ0v) is 15.9. The molecule has 0 spiro atoms. The Bertz CT molecular complexity index is 835. The molecule has 1 fully saturated rings. The Morgan fingerprint density at radius 1 is 1.07 bits per heavy atom. The highest BCUT2D eigenvalue weighted by Gasteiger charge is 2.19. The molecule has 1 aliphatic heterocycles. The number of halogens is 1. The lowest BCUT2D eigenvalue weighted by molar-refractivity contribution is 0.0954. The molecule has 3 rings (SSSR count). The van der Waals surface area contributed by atoms with Crippen LogP contribution in [0.4, 0.5) is 11.4 Å². The van der Waals surface area contributed by atoms with Gasteiger partial charge in [-0.1, -0.05) is 23.7 Å². The highest BCUT2D eigenvalue weighted by Crippen LogP contribution is 2.24. The number of hydrogen-bond acceptors (Lipinski definition) is 4. The summed E-state index contributed by atoms with van der Waals surface area (Å²) in [6, 6.07) is 12.3. The van der Waals surface area contributed by atoms with Crippen molar-refractivity contribution >= 4 is 34.8 Å². The van der Waals surface area contributed by atoms with Crippen molar-refractivity contribution in [1.29, 1.82) is 0 Å². The summed E-state index contributed by atoms with van der Waals surface area (Å²) in [5.74, 6) is -0.506. The average Bonchev–Trinajstić information content (AvgIpc) is 2.70. The molecule has 2 aromatic carbocycles. The Hall–Kier alpha value is -2.57. The monoisotopic (exact) mass is 387 g/mol. The predicted molar refractivity (Wildman–Crippen MR) is 107 cm³/mol. The molecule has 6 nitrogen and oxygen atoms in total. The molecule has 1 aliphatic rings. The molecule has 0 aromatic heterocycles. The lowest BCUT2D eigenvalue weighted by atomic mass is 10.1. The number of morpholine rings is 1. The van der Waals surface area contributed by atoms with Crippen molar-refractivity contribution in [3.05, 3.63) is 58.6 Å². The fraction of sp³-hybridized carbons (Fsp3) is 0.300. The largest absolute Gasteiger partial charge is 0.378 e. The average molecular weight is 388 g/mol. The van der Waals surface area contributed by atoms with E-state index in [1.807, 2.05) is 25.1 Å². The number of hydrogen-bond donors (Lipinski definition) is 2. The molecule has 2 N–H and O–H groups in total. The van der Waals surface area contributed by atoms with Crippen LogP contribution in [0.3, 0.4) is 0 Å². The maximum Gasteiger partial charge on any atom is 0.257 e. The third-order valence-electron chi connectivity index (χ3n) is 4.31. The summed E-state index contributed by atoms with van der Waals surface area (Å²) in [4.78, 5) is 27.1. The SMILES string of the molecule is CCNC(=O)c1cc(NC(=O)c2ccccc2N2CCOCC2)ccc1Cl. The third kappa shape index (κ3) is 4.59.